The van der Waals surface area contributed by atoms with E-state index >= 15 is 0 Å². The average Bonchev–Trinajstić information content (AvgIpc) is 2.71. The zero-order valence-electron chi connectivity index (χ0n) is 10.9. The number of rotatable bonds is 6. The van der Waals surface area contributed by atoms with Gasteiger partial charge in [-0.05, 0) is 32.5 Å². The molecule has 2 unspecified atom stereocenters. The second kappa shape index (κ2) is 5.87. The van der Waals surface area contributed by atoms with Crippen molar-refractivity contribution in [2.45, 2.75) is 33.7 Å². The molecule has 0 fully saturated rings. The molecule has 17 heavy (non-hydrogen) atoms. The van der Waals surface area contributed by atoms with E-state index in [4.69, 9.17) is 9.52 Å². The molecule has 1 aromatic heterocycles. The number of aliphatic carboxylic acids is 1. The van der Waals surface area contributed by atoms with Crippen LogP contribution < -0.4 is 0 Å². The summed E-state index contributed by atoms with van der Waals surface area (Å²) in [4.78, 5) is 13.0. The molecule has 0 aromatic carbocycles. The standard InChI is InChI=1S/C13H21NO3/c1-5-14(8-9(2)13(15)16)11(4)12-7-6-10(3)17-12/h6-7,9,11H,5,8H2,1-4H3,(H,15,16). The van der Waals surface area contributed by atoms with E-state index in [1.807, 2.05) is 32.9 Å². The lowest BCUT2D eigenvalue weighted by Crippen LogP contribution is -2.33. The Balaban J connectivity index is 2.70. The molecule has 96 valence electrons. The Bertz CT molecular complexity index is 372. The summed E-state index contributed by atoms with van der Waals surface area (Å²) in [7, 11) is 0. The van der Waals surface area contributed by atoms with Crippen LogP contribution in [0.3, 0.4) is 0 Å². The Kier molecular flexibility index (Phi) is 4.75. The second-order valence-corrected chi connectivity index (χ2v) is 4.45. The molecule has 1 heterocycles. The topological polar surface area (TPSA) is 53.7 Å². The first-order chi connectivity index (χ1) is 7.95. The lowest BCUT2D eigenvalue weighted by molar-refractivity contribution is -0.141. The zero-order chi connectivity index (χ0) is 13.0. The summed E-state index contributed by atoms with van der Waals surface area (Å²) in [5.41, 5.74) is 0. The molecule has 0 aliphatic heterocycles. The molecule has 2 atom stereocenters. The quantitative estimate of drug-likeness (QED) is 0.829. The fourth-order valence-corrected chi connectivity index (χ4v) is 1.85. The van der Waals surface area contributed by atoms with Gasteiger partial charge >= 0.3 is 5.97 Å². The van der Waals surface area contributed by atoms with Crippen LogP contribution >= 0.6 is 0 Å². The largest absolute Gasteiger partial charge is 0.481 e. The molecule has 4 heteroatoms. The summed E-state index contributed by atoms with van der Waals surface area (Å²) in [5, 5.41) is 8.93. The van der Waals surface area contributed by atoms with Gasteiger partial charge in [0.15, 0.2) is 0 Å². The molecule has 1 aromatic rings. The van der Waals surface area contributed by atoms with E-state index in [0.29, 0.717) is 6.54 Å². The maximum Gasteiger partial charge on any atom is 0.307 e. The number of carboxylic acid groups (broad SMARTS) is 1. The zero-order valence-corrected chi connectivity index (χ0v) is 10.9. The third kappa shape index (κ3) is 3.60. The normalized spacial score (nSPS) is 14.9. The molecule has 0 aliphatic carbocycles. The van der Waals surface area contributed by atoms with Crippen molar-refractivity contribution in [3.63, 3.8) is 0 Å². The van der Waals surface area contributed by atoms with Crippen molar-refractivity contribution in [3.8, 4) is 0 Å². The summed E-state index contributed by atoms with van der Waals surface area (Å²) >= 11 is 0. The van der Waals surface area contributed by atoms with E-state index in [1.165, 1.54) is 0 Å². The minimum Gasteiger partial charge on any atom is -0.481 e. The Morgan fingerprint density at radius 3 is 2.53 bits per heavy atom. The number of carboxylic acids is 1. The number of carbonyl (C=O) groups is 1. The fraction of sp³-hybridized carbons (Fsp3) is 0.615. The van der Waals surface area contributed by atoms with Crippen LogP contribution in [-0.4, -0.2) is 29.1 Å². The van der Waals surface area contributed by atoms with Crippen molar-refractivity contribution < 1.29 is 14.3 Å². The highest BCUT2D eigenvalue weighted by Crippen LogP contribution is 2.22. The van der Waals surface area contributed by atoms with Crippen LogP contribution in [-0.2, 0) is 4.79 Å². The van der Waals surface area contributed by atoms with Gasteiger partial charge in [0, 0.05) is 6.54 Å². The van der Waals surface area contributed by atoms with E-state index in [0.717, 1.165) is 18.1 Å². The number of aryl methyl sites for hydroxylation is 1. The molecule has 0 saturated heterocycles. The molecule has 1 rings (SSSR count). The first kappa shape index (κ1) is 13.8. The van der Waals surface area contributed by atoms with E-state index in [2.05, 4.69) is 4.90 Å². The van der Waals surface area contributed by atoms with Gasteiger partial charge in [-0.2, -0.15) is 0 Å². The maximum atomic E-state index is 10.9. The lowest BCUT2D eigenvalue weighted by atomic mass is 10.1. The van der Waals surface area contributed by atoms with Crippen molar-refractivity contribution in [2.24, 2.45) is 5.92 Å². The Morgan fingerprint density at radius 2 is 2.12 bits per heavy atom. The molecule has 0 aliphatic rings. The molecule has 0 spiro atoms. The SMILES string of the molecule is CCN(CC(C)C(=O)O)C(C)c1ccc(C)o1. The van der Waals surface area contributed by atoms with E-state index in [-0.39, 0.29) is 12.0 Å². The lowest BCUT2D eigenvalue weighted by Gasteiger charge is -2.27. The molecular formula is C13H21NO3. The highest BCUT2D eigenvalue weighted by Gasteiger charge is 2.21. The van der Waals surface area contributed by atoms with Gasteiger partial charge in [0.2, 0.25) is 0 Å². The van der Waals surface area contributed by atoms with Crippen molar-refractivity contribution >= 4 is 5.97 Å². The van der Waals surface area contributed by atoms with E-state index in [1.54, 1.807) is 6.92 Å². The van der Waals surface area contributed by atoms with Gasteiger partial charge in [-0.25, -0.2) is 0 Å². The molecule has 1 N–H and O–H groups in total. The van der Waals surface area contributed by atoms with Crippen LogP contribution in [0, 0.1) is 12.8 Å². The molecular weight excluding hydrogens is 218 g/mol. The first-order valence-electron chi connectivity index (χ1n) is 5.98. The van der Waals surface area contributed by atoms with Crippen molar-refractivity contribution in [1.29, 1.82) is 0 Å². The summed E-state index contributed by atoms with van der Waals surface area (Å²) in [5.74, 6) is 0.649. The van der Waals surface area contributed by atoms with Gasteiger partial charge in [0.05, 0.1) is 12.0 Å². The van der Waals surface area contributed by atoms with Crippen LogP contribution in [0.1, 0.15) is 38.3 Å². The van der Waals surface area contributed by atoms with Gasteiger partial charge in [0.1, 0.15) is 11.5 Å². The summed E-state index contributed by atoms with van der Waals surface area (Å²) in [6.45, 7) is 9.04. The van der Waals surface area contributed by atoms with Gasteiger partial charge in [-0.15, -0.1) is 0 Å². The molecule has 0 amide bonds. The van der Waals surface area contributed by atoms with Crippen LogP contribution in [0.4, 0.5) is 0 Å². The van der Waals surface area contributed by atoms with Crippen LogP contribution in [0.15, 0.2) is 16.5 Å². The predicted molar refractivity (Wildman–Crippen MR) is 65.9 cm³/mol. The van der Waals surface area contributed by atoms with Gasteiger partial charge in [-0.3, -0.25) is 9.69 Å². The Morgan fingerprint density at radius 1 is 1.47 bits per heavy atom. The third-order valence-electron chi connectivity index (χ3n) is 3.06. The van der Waals surface area contributed by atoms with Crippen LogP contribution in [0.2, 0.25) is 0 Å². The second-order valence-electron chi connectivity index (χ2n) is 4.45. The smallest absolute Gasteiger partial charge is 0.307 e. The summed E-state index contributed by atoms with van der Waals surface area (Å²) in [6, 6.07) is 3.99. The summed E-state index contributed by atoms with van der Waals surface area (Å²) in [6.07, 6.45) is 0. The van der Waals surface area contributed by atoms with E-state index in [9.17, 15) is 4.79 Å². The van der Waals surface area contributed by atoms with Crippen molar-refractivity contribution in [2.75, 3.05) is 13.1 Å². The van der Waals surface area contributed by atoms with E-state index < -0.39 is 5.97 Å². The Hall–Kier alpha value is -1.29. The van der Waals surface area contributed by atoms with Crippen molar-refractivity contribution in [1.82, 2.24) is 4.90 Å². The van der Waals surface area contributed by atoms with Gasteiger partial charge in [0.25, 0.3) is 0 Å². The van der Waals surface area contributed by atoms with Crippen LogP contribution in [0.5, 0.6) is 0 Å². The molecule has 4 nitrogen and oxygen atoms in total. The highest BCUT2D eigenvalue weighted by atomic mass is 16.4. The van der Waals surface area contributed by atoms with Gasteiger partial charge in [-0.1, -0.05) is 13.8 Å². The monoisotopic (exact) mass is 239 g/mol. The third-order valence-corrected chi connectivity index (χ3v) is 3.06. The number of hydrogen-bond acceptors (Lipinski definition) is 3. The number of furan rings is 1. The van der Waals surface area contributed by atoms with Crippen LogP contribution in [0.25, 0.3) is 0 Å². The summed E-state index contributed by atoms with van der Waals surface area (Å²) < 4.78 is 5.58. The fourth-order valence-electron chi connectivity index (χ4n) is 1.85. The minimum absolute atomic E-state index is 0.107. The highest BCUT2D eigenvalue weighted by molar-refractivity contribution is 5.69. The number of nitrogens with zero attached hydrogens (tertiary/aromatic N) is 1. The molecule has 0 saturated carbocycles. The maximum absolute atomic E-state index is 10.9. The first-order valence-corrected chi connectivity index (χ1v) is 5.98. The Labute approximate surface area is 102 Å². The number of hydrogen-bond donors (Lipinski definition) is 1. The van der Waals surface area contributed by atoms with Crippen molar-refractivity contribution in [3.05, 3.63) is 23.7 Å². The minimum atomic E-state index is -0.758. The average molecular weight is 239 g/mol. The van der Waals surface area contributed by atoms with Gasteiger partial charge < -0.3 is 9.52 Å². The molecule has 0 bridgehead atoms. The predicted octanol–water partition coefficient (Wildman–Crippen LogP) is 2.69. The molecule has 0 radical (unpaired) electrons.